The second kappa shape index (κ2) is 6.92. The molecule has 1 atom stereocenters. The number of likely N-dealkylation sites (N-methyl/N-ethyl adjacent to an activating group) is 1. The molecule has 30 heavy (non-hydrogen) atoms. The maximum atomic E-state index is 13.6. The van der Waals surface area contributed by atoms with Gasteiger partial charge in [0, 0.05) is 25.2 Å². The molecule has 0 radical (unpaired) electrons. The van der Waals surface area contributed by atoms with Crippen LogP contribution in [0.25, 0.3) is 0 Å². The number of rotatable bonds is 3. The molecule has 0 saturated heterocycles. The van der Waals surface area contributed by atoms with Crippen molar-refractivity contribution in [2.75, 3.05) is 22.6 Å². The fourth-order valence-electron chi connectivity index (χ4n) is 3.97. The highest BCUT2D eigenvalue weighted by Gasteiger charge is 2.59. The lowest BCUT2D eigenvalue weighted by Gasteiger charge is -2.43. The van der Waals surface area contributed by atoms with Crippen LogP contribution >= 0.6 is 11.8 Å². The number of tetrazole rings is 1. The first-order valence-electron chi connectivity index (χ1n) is 9.32. The van der Waals surface area contributed by atoms with E-state index in [1.165, 1.54) is 21.3 Å². The van der Waals surface area contributed by atoms with Crippen LogP contribution in [0.1, 0.15) is 11.1 Å². The molecular formula is C20H18N6O3S. The number of nitrogens with zero attached hydrogens (tertiary/aromatic N) is 6. The molecule has 2 aliphatic rings. The summed E-state index contributed by atoms with van der Waals surface area (Å²) in [5.74, 6) is -0.516. The van der Waals surface area contributed by atoms with E-state index in [-0.39, 0.29) is 24.2 Å². The average Bonchev–Trinajstić information content (AvgIpc) is 3.27. The Balaban J connectivity index is 1.62. The zero-order valence-electron chi connectivity index (χ0n) is 16.3. The van der Waals surface area contributed by atoms with Gasteiger partial charge in [0.2, 0.25) is 11.1 Å². The lowest BCUT2D eigenvalue weighted by Crippen LogP contribution is -2.59. The van der Waals surface area contributed by atoms with Gasteiger partial charge >= 0.3 is 0 Å². The number of hydrogen-bond donors (Lipinski definition) is 0. The highest BCUT2D eigenvalue weighted by atomic mass is 32.2. The van der Waals surface area contributed by atoms with Crippen molar-refractivity contribution < 1.29 is 14.3 Å². The van der Waals surface area contributed by atoms with Crippen LogP contribution < -0.4 is 9.80 Å². The van der Waals surface area contributed by atoms with Gasteiger partial charge in [-0.15, -0.1) is 5.10 Å². The predicted octanol–water partition coefficient (Wildman–Crippen LogP) is 1.69. The number of ether oxygens (including phenoxy) is 1. The van der Waals surface area contributed by atoms with Crippen molar-refractivity contribution in [3.05, 3.63) is 59.7 Å². The summed E-state index contributed by atoms with van der Waals surface area (Å²) in [5.41, 5.74) is 1.37. The first kappa shape index (κ1) is 18.8. The van der Waals surface area contributed by atoms with Crippen molar-refractivity contribution in [2.24, 2.45) is 7.05 Å². The molecule has 0 bridgehead atoms. The fourth-order valence-corrected chi connectivity index (χ4v) is 4.67. The molecule has 2 aromatic carbocycles. The van der Waals surface area contributed by atoms with Gasteiger partial charge < -0.3 is 9.64 Å². The number of aryl methyl sites for hydroxylation is 1. The minimum absolute atomic E-state index is 0.0484. The summed E-state index contributed by atoms with van der Waals surface area (Å²) >= 11 is 1.21. The molecule has 3 heterocycles. The largest absolute Gasteiger partial charge is 0.338 e. The molecule has 0 fully saturated rings. The Hall–Kier alpha value is -3.24. The summed E-state index contributed by atoms with van der Waals surface area (Å²) in [6.45, 7) is 0.230. The summed E-state index contributed by atoms with van der Waals surface area (Å²) in [6.07, 6.45) is 0. The number of hydrogen-bond acceptors (Lipinski definition) is 7. The number of para-hydroxylation sites is 2. The maximum Gasteiger partial charge on any atom is 0.285 e. The van der Waals surface area contributed by atoms with Gasteiger partial charge in [-0.3, -0.25) is 14.5 Å². The topological polar surface area (TPSA) is 93.4 Å². The van der Waals surface area contributed by atoms with Gasteiger partial charge in [0.1, 0.15) is 0 Å². The quantitative estimate of drug-likeness (QED) is 0.593. The van der Waals surface area contributed by atoms with E-state index in [0.29, 0.717) is 16.4 Å². The van der Waals surface area contributed by atoms with Gasteiger partial charge in [-0.1, -0.05) is 48.2 Å². The van der Waals surface area contributed by atoms with Crippen molar-refractivity contribution >= 4 is 35.0 Å². The number of thioether (sulfide) groups is 1. The molecule has 0 N–H and O–H groups in total. The molecule has 10 heteroatoms. The molecule has 9 nitrogen and oxygen atoms in total. The molecule has 152 valence electrons. The van der Waals surface area contributed by atoms with Gasteiger partial charge in [-0.05, 0) is 22.6 Å². The van der Waals surface area contributed by atoms with Crippen LogP contribution in [-0.2, 0) is 33.7 Å². The Kier molecular flexibility index (Phi) is 4.33. The van der Waals surface area contributed by atoms with Crippen LogP contribution in [-0.4, -0.2) is 44.8 Å². The van der Waals surface area contributed by atoms with Crippen molar-refractivity contribution in [2.45, 2.75) is 17.5 Å². The number of fused-ring (bicyclic) bond motifs is 3. The molecule has 0 aliphatic carbocycles. The molecule has 0 unspecified atom stereocenters. The van der Waals surface area contributed by atoms with Crippen LogP contribution in [0.15, 0.2) is 53.7 Å². The lowest BCUT2D eigenvalue weighted by atomic mass is 9.97. The molecule has 2 aliphatic heterocycles. The Morgan fingerprint density at radius 3 is 2.63 bits per heavy atom. The number of amides is 2. The smallest absolute Gasteiger partial charge is 0.285 e. The van der Waals surface area contributed by atoms with Crippen LogP contribution in [0, 0.1) is 0 Å². The summed E-state index contributed by atoms with van der Waals surface area (Å²) in [5, 5.41) is 11.8. The Bertz CT molecular complexity index is 1160. The monoisotopic (exact) mass is 422 g/mol. The van der Waals surface area contributed by atoms with Crippen molar-refractivity contribution in [1.82, 2.24) is 20.2 Å². The minimum atomic E-state index is -1.53. The van der Waals surface area contributed by atoms with Crippen molar-refractivity contribution in [3.8, 4) is 0 Å². The van der Waals surface area contributed by atoms with Gasteiger partial charge in [0.15, 0.2) is 0 Å². The first-order valence-corrected chi connectivity index (χ1v) is 10.3. The second-order valence-corrected chi connectivity index (χ2v) is 7.99. The third-order valence-corrected chi connectivity index (χ3v) is 6.36. The first-order chi connectivity index (χ1) is 14.5. The summed E-state index contributed by atoms with van der Waals surface area (Å²) in [4.78, 5) is 30.1. The Morgan fingerprint density at radius 2 is 1.87 bits per heavy atom. The SMILES string of the molecule is CN1C(=O)[C@]2(OCc3ccccc3N2C(=O)CSc2nnnn2C)c2ccccc21. The van der Waals surface area contributed by atoms with Crippen LogP contribution in [0.4, 0.5) is 11.4 Å². The van der Waals surface area contributed by atoms with E-state index < -0.39 is 5.72 Å². The molecule has 1 aromatic heterocycles. The van der Waals surface area contributed by atoms with E-state index in [2.05, 4.69) is 15.5 Å². The predicted molar refractivity (Wildman–Crippen MR) is 110 cm³/mol. The number of aromatic nitrogens is 4. The van der Waals surface area contributed by atoms with Gasteiger partial charge in [0.05, 0.1) is 23.7 Å². The standard InChI is InChI=1S/C20H18N6O3S/c1-24-16-10-6-4-8-14(16)20(18(24)28)26(15-9-5-3-7-13(15)11-29-20)17(27)12-30-19-21-22-23-25(19)2/h3-10H,11-12H2,1-2H3/t20-/m1/s1. The fraction of sp³-hybridized carbons (Fsp3) is 0.250. The van der Waals surface area contributed by atoms with Gasteiger partial charge in [-0.25, -0.2) is 4.68 Å². The van der Waals surface area contributed by atoms with E-state index in [0.717, 1.165) is 11.3 Å². The minimum Gasteiger partial charge on any atom is -0.338 e. The van der Waals surface area contributed by atoms with E-state index in [4.69, 9.17) is 4.74 Å². The van der Waals surface area contributed by atoms with E-state index in [1.54, 1.807) is 19.0 Å². The number of carbonyl (C=O) groups is 2. The third-order valence-electron chi connectivity index (χ3n) is 5.36. The Labute approximate surface area is 176 Å². The molecule has 0 saturated carbocycles. The average molecular weight is 422 g/mol. The van der Waals surface area contributed by atoms with Crippen molar-refractivity contribution in [1.29, 1.82) is 0 Å². The number of benzene rings is 2. The van der Waals surface area contributed by atoms with E-state index >= 15 is 0 Å². The zero-order valence-corrected chi connectivity index (χ0v) is 17.2. The highest BCUT2D eigenvalue weighted by molar-refractivity contribution is 7.99. The summed E-state index contributed by atoms with van der Waals surface area (Å²) in [7, 11) is 3.40. The second-order valence-electron chi connectivity index (χ2n) is 7.05. The zero-order chi connectivity index (χ0) is 20.9. The normalized spacial score (nSPS) is 19.9. The molecule has 3 aromatic rings. The number of carbonyl (C=O) groups excluding carboxylic acids is 2. The summed E-state index contributed by atoms with van der Waals surface area (Å²) < 4.78 is 7.71. The Morgan fingerprint density at radius 1 is 1.13 bits per heavy atom. The van der Waals surface area contributed by atoms with Gasteiger partial charge in [0.25, 0.3) is 11.6 Å². The van der Waals surface area contributed by atoms with Crippen LogP contribution in [0.5, 0.6) is 0 Å². The molecule has 1 spiro atoms. The highest BCUT2D eigenvalue weighted by Crippen LogP contribution is 2.49. The van der Waals surface area contributed by atoms with Crippen LogP contribution in [0.3, 0.4) is 0 Å². The van der Waals surface area contributed by atoms with Crippen LogP contribution in [0.2, 0.25) is 0 Å². The molecular weight excluding hydrogens is 404 g/mol. The van der Waals surface area contributed by atoms with Crippen molar-refractivity contribution in [3.63, 3.8) is 0 Å². The summed E-state index contributed by atoms with van der Waals surface area (Å²) in [6, 6.07) is 14.9. The third kappa shape index (κ3) is 2.57. The molecule has 2 amide bonds. The molecule has 5 rings (SSSR count). The van der Waals surface area contributed by atoms with Gasteiger partial charge in [-0.2, -0.15) is 0 Å². The lowest BCUT2D eigenvalue weighted by molar-refractivity contribution is -0.152. The number of anilines is 2. The van der Waals surface area contributed by atoms with E-state index in [1.807, 2.05) is 48.5 Å². The van der Waals surface area contributed by atoms with E-state index in [9.17, 15) is 9.59 Å². The maximum absolute atomic E-state index is 13.6.